The third-order valence-corrected chi connectivity index (χ3v) is 3.92. The van der Waals surface area contributed by atoms with Crippen LogP contribution in [0.3, 0.4) is 0 Å². The van der Waals surface area contributed by atoms with Crippen LogP contribution in [0.15, 0.2) is 0 Å². The summed E-state index contributed by atoms with van der Waals surface area (Å²) in [7, 11) is 0. The molecule has 0 amide bonds. The molecular formula is C15H28ClN3. The maximum Gasteiger partial charge on any atom is 0.0849 e. The fraction of sp³-hybridized carbons (Fsp3) is 0.800. The van der Waals surface area contributed by atoms with E-state index in [1.807, 2.05) is 0 Å². The number of halogens is 1. The maximum absolute atomic E-state index is 6.41. The molecule has 1 N–H and O–H groups in total. The van der Waals surface area contributed by atoms with Crippen LogP contribution in [0.25, 0.3) is 0 Å². The Labute approximate surface area is 122 Å². The van der Waals surface area contributed by atoms with Gasteiger partial charge in [0.15, 0.2) is 0 Å². The average molecular weight is 286 g/mol. The third kappa shape index (κ3) is 4.81. The summed E-state index contributed by atoms with van der Waals surface area (Å²) in [5.41, 5.74) is 2.25. The lowest BCUT2D eigenvalue weighted by Gasteiger charge is -2.13. The number of hydrogen-bond donors (Lipinski definition) is 1. The molecule has 0 spiro atoms. The van der Waals surface area contributed by atoms with Crippen molar-refractivity contribution in [3.05, 3.63) is 16.4 Å². The van der Waals surface area contributed by atoms with E-state index in [4.69, 9.17) is 11.6 Å². The van der Waals surface area contributed by atoms with Gasteiger partial charge in [0.1, 0.15) is 0 Å². The van der Waals surface area contributed by atoms with E-state index in [1.54, 1.807) is 0 Å². The Balaban J connectivity index is 2.50. The van der Waals surface area contributed by atoms with Gasteiger partial charge in [0.25, 0.3) is 0 Å². The fourth-order valence-electron chi connectivity index (χ4n) is 2.32. The Bertz CT molecular complexity index is 374. The van der Waals surface area contributed by atoms with Gasteiger partial charge in [0, 0.05) is 12.6 Å². The standard InChI is InChI=1S/C15H28ClN3/c1-5-11-17-12(4)9-8-10-14-15(16)13(6-2)18-19(14)7-3/h12,17H,5-11H2,1-4H3. The van der Waals surface area contributed by atoms with Crippen LogP contribution in [0.2, 0.25) is 5.02 Å². The molecule has 0 aliphatic carbocycles. The molecule has 1 atom stereocenters. The van der Waals surface area contributed by atoms with Gasteiger partial charge in [0.2, 0.25) is 0 Å². The number of hydrogen-bond acceptors (Lipinski definition) is 2. The molecule has 0 aliphatic rings. The molecule has 0 saturated heterocycles. The summed E-state index contributed by atoms with van der Waals surface area (Å²) in [5.74, 6) is 0. The summed E-state index contributed by atoms with van der Waals surface area (Å²) in [4.78, 5) is 0. The van der Waals surface area contributed by atoms with Gasteiger partial charge in [0.05, 0.1) is 16.4 Å². The molecule has 1 aromatic rings. The minimum atomic E-state index is 0.586. The van der Waals surface area contributed by atoms with Crippen LogP contribution in [0.5, 0.6) is 0 Å². The predicted molar refractivity (Wildman–Crippen MR) is 83.0 cm³/mol. The molecule has 110 valence electrons. The van der Waals surface area contributed by atoms with E-state index >= 15 is 0 Å². The van der Waals surface area contributed by atoms with Crippen molar-refractivity contribution in [2.45, 2.75) is 72.4 Å². The van der Waals surface area contributed by atoms with E-state index in [-0.39, 0.29) is 0 Å². The molecular weight excluding hydrogens is 258 g/mol. The molecule has 19 heavy (non-hydrogen) atoms. The topological polar surface area (TPSA) is 29.9 Å². The summed E-state index contributed by atoms with van der Waals surface area (Å²) in [6.45, 7) is 10.7. The first-order valence-electron chi connectivity index (χ1n) is 7.61. The van der Waals surface area contributed by atoms with Gasteiger partial charge in [-0.25, -0.2) is 0 Å². The van der Waals surface area contributed by atoms with Crippen molar-refractivity contribution in [2.24, 2.45) is 0 Å². The number of aromatic nitrogens is 2. The molecule has 1 aromatic heterocycles. The Morgan fingerprint density at radius 1 is 1.32 bits per heavy atom. The van der Waals surface area contributed by atoms with Crippen molar-refractivity contribution in [2.75, 3.05) is 6.54 Å². The fourth-order valence-corrected chi connectivity index (χ4v) is 2.69. The maximum atomic E-state index is 6.41. The molecule has 1 rings (SSSR count). The summed E-state index contributed by atoms with van der Waals surface area (Å²) >= 11 is 6.41. The van der Waals surface area contributed by atoms with Crippen LogP contribution in [-0.4, -0.2) is 22.4 Å². The zero-order chi connectivity index (χ0) is 14.3. The Kier molecular flexibility index (Phi) is 7.47. The largest absolute Gasteiger partial charge is 0.314 e. The second-order valence-corrected chi connectivity index (χ2v) is 5.50. The van der Waals surface area contributed by atoms with Crippen LogP contribution in [0, 0.1) is 0 Å². The zero-order valence-corrected chi connectivity index (χ0v) is 13.6. The van der Waals surface area contributed by atoms with Crippen molar-refractivity contribution in [1.29, 1.82) is 0 Å². The van der Waals surface area contributed by atoms with Crippen LogP contribution in [-0.2, 0) is 19.4 Å². The van der Waals surface area contributed by atoms with Crippen molar-refractivity contribution in [3.8, 4) is 0 Å². The van der Waals surface area contributed by atoms with E-state index in [0.29, 0.717) is 6.04 Å². The summed E-state index contributed by atoms with van der Waals surface area (Å²) in [6.07, 6.45) is 5.48. The van der Waals surface area contributed by atoms with Gasteiger partial charge in [-0.05, 0) is 52.5 Å². The highest BCUT2D eigenvalue weighted by Gasteiger charge is 2.14. The average Bonchev–Trinajstić information content (AvgIpc) is 2.73. The zero-order valence-electron chi connectivity index (χ0n) is 12.8. The third-order valence-electron chi connectivity index (χ3n) is 3.49. The van der Waals surface area contributed by atoms with E-state index in [0.717, 1.165) is 43.1 Å². The van der Waals surface area contributed by atoms with Gasteiger partial charge in [-0.3, -0.25) is 4.68 Å². The molecule has 0 bridgehead atoms. The monoisotopic (exact) mass is 285 g/mol. The minimum absolute atomic E-state index is 0.586. The normalized spacial score (nSPS) is 12.9. The molecule has 1 heterocycles. The van der Waals surface area contributed by atoms with Gasteiger partial charge >= 0.3 is 0 Å². The van der Waals surface area contributed by atoms with Crippen molar-refractivity contribution in [3.63, 3.8) is 0 Å². The van der Waals surface area contributed by atoms with Crippen molar-refractivity contribution < 1.29 is 0 Å². The Hall–Kier alpha value is -0.540. The smallest absolute Gasteiger partial charge is 0.0849 e. The van der Waals surface area contributed by atoms with Crippen LogP contribution >= 0.6 is 11.6 Å². The van der Waals surface area contributed by atoms with Gasteiger partial charge < -0.3 is 5.32 Å². The molecule has 0 aliphatic heterocycles. The highest BCUT2D eigenvalue weighted by Crippen LogP contribution is 2.23. The second kappa shape index (κ2) is 8.60. The number of nitrogens with zero attached hydrogens (tertiary/aromatic N) is 2. The first kappa shape index (κ1) is 16.5. The molecule has 0 radical (unpaired) electrons. The lowest BCUT2D eigenvalue weighted by molar-refractivity contribution is 0.491. The Morgan fingerprint density at radius 2 is 2.05 bits per heavy atom. The van der Waals surface area contributed by atoms with E-state index in [2.05, 4.69) is 42.8 Å². The summed E-state index contributed by atoms with van der Waals surface area (Å²) in [6, 6.07) is 0.586. The highest BCUT2D eigenvalue weighted by atomic mass is 35.5. The molecule has 1 unspecified atom stereocenters. The SMILES string of the molecule is CCCNC(C)CCCc1c(Cl)c(CC)nn1CC. The van der Waals surface area contributed by atoms with Crippen molar-refractivity contribution in [1.82, 2.24) is 15.1 Å². The highest BCUT2D eigenvalue weighted by molar-refractivity contribution is 6.31. The van der Waals surface area contributed by atoms with Crippen LogP contribution in [0.4, 0.5) is 0 Å². The summed E-state index contributed by atoms with van der Waals surface area (Å²) in [5, 5.41) is 8.97. The first-order chi connectivity index (χ1) is 9.13. The van der Waals surface area contributed by atoms with Crippen LogP contribution < -0.4 is 5.32 Å². The van der Waals surface area contributed by atoms with Crippen LogP contribution in [0.1, 0.15) is 58.3 Å². The number of nitrogens with one attached hydrogen (secondary N) is 1. The number of aryl methyl sites for hydroxylation is 2. The number of rotatable bonds is 9. The van der Waals surface area contributed by atoms with Gasteiger partial charge in [-0.15, -0.1) is 0 Å². The van der Waals surface area contributed by atoms with E-state index < -0.39 is 0 Å². The first-order valence-corrected chi connectivity index (χ1v) is 7.99. The van der Waals surface area contributed by atoms with E-state index in [1.165, 1.54) is 18.5 Å². The van der Waals surface area contributed by atoms with Gasteiger partial charge in [-0.1, -0.05) is 25.4 Å². The molecule has 0 saturated carbocycles. The predicted octanol–water partition coefficient (Wildman–Crippen LogP) is 3.83. The minimum Gasteiger partial charge on any atom is -0.314 e. The van der Waals surface area contributed by atoms with Gasteiger partial charge in [-0.2, -0.15) is 5.10 Å². The molecule has 4 heteroatoms. The molecule has 0 aromatic carbocycles. The lowest BCUT2D eigenvalue weighted by Crippen LogP contribution is -2.26. The quantitative estimate of drug-likeness (QED) is 0.747. The molecule has 3 nitrogen and oxygen atoms in total. The molecule has 0 fully saturated rings. The van der Waals surface area contributed by atoms with E-state index in [9.17, 15) is 0 Å². The lowest BCUT2D eigenvalue weighted by atomic mass is 10.1. The second-order valence-electron chi connectivity index (χ2n) is 5.12. The Morgan fingerprint density at radius 3 is 2.63 bits per heavy atom. The van der Waals surface area contributed by atoms with Crippen molar-refractivity contribution >= 4 is 11.6 Å². The summed E-state index contributed by atoms with van der Waals surface area (Å²) < 4.78 is 2.06.